The Morgan fingerprint density at radius 2 is 2.08 bits per heavy atom. The van der Waals surface area contributed by atoms with Crippen LogP contribution in [-0.4, -0.2) is 49.8 Å². The summed E-state index contributed by atoms with van der Waals surface area (Å²) in [7, 11) is -1.89. The summed E-state index contributed by atoms with van der Waals surface area (Å²) in [5.41, 5.74) is 1.09. The second-order valence-electron chi connectivity index (χ2n) is 7.20. The minimum Gasteiger partial charge on any atom is -0.376 e. The van der Waals surface area contributed by atoms with E-state index in [0.717, 1.165) is 24.8 Å². The maximum absolute atomic E-state index is 12.5. The maximum atomic E-state index is 12.5. The maximum Gasteiger partial charge on any atom is 0.237 e. The van der Waals surface area contributed by atoms with Crippen LogP contribution in [0, 0.1) is 5.92 Å². The number of rotatable bonds is 5. The quantitative estimate of drug-likeness (QED) is 0.784. The molecule has 25 heavy (non-hydrogen) atoms. The van der Waals surface area contributed by atoms with Crippen molar-refractivity contribution in [1.82, 2.24) is 10.1 Å². The fourth-order valence-electron chi connectivity index (χ4n) is 3.80. The lowest BCUT2D eigenvalue weighted by atomic mass is 9.85. The molecule has 1 aromatic rings. The summed E-state index contributed by atoms with van der Waals surface area (Å²) < 4.78 is 35.5. The van der Waals surface area contributed by atoms with E-state index in [1.165, 1.54) is 6.42 Å². The van der Waals surface area contributed by atoms with Gasteiger partial charge in [0.25, 0.3) is 0 Å². The Morgan fingerprint density at radius 1 is 1.32 bits per heavy atom. The number of hydrogen-bond acceptors (Lipinski definition) is 6. The fraction of sp³-hybridized carbons (Fsp3) is 0.765. The summed E-state index contributed by atoms with van der Waals surface area (Å²) >= 11 is 0. The number of hydrogen-bond donors (Lipinski definition) is 0. The van der Waals surface area contributed by atoms with Crippen molar-refractivity contribution in [1.29, 1.82) is 0 Å². The molecule has 2 unspecified atom stereocenters. The number of fused-ring (bicyclic) bond motifs is 1. The third-order valence-electron chi connectivity index (χ3n) is 5.33. The average Bonchev–Trinajstić information content (AvgIpc) is 2.97. The van der Waals surface area contributed by atoms with Crippen LogP contribution in [0.4, 0.5) is 0 Å². The fourth-order valence-corrected chi connectivity index (χ4v) is 5.13. The average molecular weight is 370 g/mol. The van der Waals surface area contributed by atoms with Crippen molar-refractivity contribution < 1.29 is 22.5 Å². The Bertz CT molecular complexity index is 727. The summed E-state index contributed by atoms with van der Waals surface area (Å²) in [4.78, 5) is 14.1. The van der Waals surface area contributed by atoms with Crippen molar-refractivity contribution in [3.05, 3.63) is 17.0 Å². The second-order valence-corrected chi connectivity index (χ2v) is 9.26. The van der Waals surface area contributed by atoms with Crippen molar-refractivity contribution in [2.24, 2.45) is 5.92 Å². The summed E-state index contributed by atoms with van der Waals surface area (Å²) in [6.07, 6.45) is 4.89. The first-order valence-corrected chi connectivity index (χ1v) is 10.7. The van der Waals surface area contributed by atoms with Crippen LogP contribution in [0.3, 0.4) is 0 Å². The third-order valence-corrected chi connectivity index (χ3v) is 6.73. The SMILES string of the molecule is CC1CCCCC1N(C)C(=O)CS(=O)(=O)Cc1noc2c1COCC2. The van der Waals surface area contributed by atoms with Gasteiger partial charge in [-0.05, 0) is 18.8 Å². The molecule has 2 aliphatic rings. The highest BCUT2D eigenvalue weighted by atomic mass is 32.2. The number of nitrogens with zero attached hydrogens (tertiary/aromatic N) is 2. The van der Waals surface area contributed by atoms with E-state index in [4.69, 9.17) is 9.26 Å². The molecule has 2 atom stereocenters. The summed E-state index contributed by atoms with van der Waals surface area (Å²) in [5.74, 6) is -0.0158. The van der Waals surface area contributed by atoms with Crippen LogP contribution >= 0.6 is 0 Å². The van der Waals surface area contributed by atoms with Crippen LogP contribution in [0.25, 0.3) is 0 Å². The molecule has 8 heteroatoms. The number of carbonyl (C=O) groups excluding carboxylic acids is 1. The molecule has 0 N–H and O–H groups in total. The molecule has 1 saturated carbocycles. The Labute approximate surface area is 148 Å². The Balaban J connectivity index is 1.64. The topological polar surface area (TPSA) is 89.7 Å². The molecule has 0 aromatic carbocycles. The van der Waals surface area contributed by atoms with E-state index < -0.39 is 15.6 Å². The lowest BCUT2D eigenvalue weighted by Gasteiger charge is -2.36. The molecule has 1 aromatic heterocycles. The highest BCUT2D eigenvalue weighted by Gasteiger charge is 2.31. The first kappa shape index (κ1) is 18.4. The number of aromatic nitrogens is 1. The highest BCUT2D eigenvalue weighted by molar-refractivity contribution is 7.91. The van der Waals surface area contributed by atoms with Gasteiger partial charge in [-0.15, -0.1) is 0 Å². The summed E-state index contributed by atoms with van der Waals surface area (Å²) in [5, 5.41) is 3.88. The van der Waals surface area contributed by atoms with Crippen molar-refractivity contribution in [3.63, 3.8) is 0 Å². The van der Waals surface area contributed by atoms with Gasteiger partial charge in [0.15, 0.2) is 9.84 Å². The van der Waals surface area contributed by atoms with Gasteiger partial charge >= 0.3 is 0 Å². The molecule has 0 bridgehead atoms. The molecule has 1 aliphatic heterocycles. The van der Waals surface area contributed by atoms with Crippen molar-refractivity contribution in [3.8, 4) is 0 Å². The Hall–Kier alpha value is -1.41. The third kappa shape index (κ3) is 4.23. The molecule has 0 radical (unpaired) electrons. The monoisotopic (exact) mass is 370 g/mol. The minimum absolute atomic E-state index is 0.129. The lowest BCUT2D eigenvalue weighted by Crippen LogP contribution is -2.45. The van der Waals surface area contributed by atoms with Crippen LogP contribution in [0.15, 0.2) is 4.52 Å². The summed E-state index contributed by atoms with van der Waals surface area (Å²) in [6.45, 7) is 3.00. The van der Waals surface area contributed by atoms with E-state index in [-0.39, 0.29) is 17.7 Å². The van der Waals surface area contributed by atoms with Crippen LogP contribution in [0.1, 0.15) is 49.6 Å². The first-order chi connectivity index (χ1) is 11.9. The number of ether oxygens (including phenoxy) is 1. The van der Waals surface area contributed by atoms with E-state index in [2.05, 4.69) is 12.1 Å². The Kier molecular flexibility index (Phi) is 5.48. The van der Waals surface area contributed by atoms with Crippen molar-refractivity contribution in [2.75, 3.05) is 19.4 Å². The Morgan fingerprint density at radius 3 is 2.84 bits per heavy atom. The predicted octanol–water partition coefficient (Wildman–Crippen LogP) is 1.70. The molecule has 1 amide bonds. The standard InChI is InChI=1S/C17H26N2O5S/c1-12-5-3-4-6-15(12)19(2)17(20)11-25(21,22)10-14-13-9-23-8-7-16(13)24-18-14/h12,15H,3-11H2,1-2H3. The molecule has 2 heterocycles. The van der Waals surface area contributed by atoms with E-state index in [0.29, 0.717) is 37.0 Å². The smallest absolute Gasteiger partial charge is 0.237 e. The van der Waals surface area contributed by atoms with Gasteiger partial charge in [-0.2, -0.15) is 0 Å². The van der Waals surface area contributed by atoms with Gasteiger partial charge in [0.2, 0.25) is 5.91 Å². The van der Waals surface area contributed by atoms with Gasteiger partial charge in [-0.25, -0.2) is 8.42 Å². The zero-order valence-electron chi connectivity index (χ0n) is 14.9. The van der Waals surface area contributed by atoms with Gasteiger partial charge in [-0.1, -0.05) is 24.9 Å². The molecule has 3 rings (SSSR count). The number of carbonyl (C=O) groups is 1. The molecule has 140 valence electrons. The van der Waals surface area contributed by atoms with Crippen LogP contribution in [0.2, 0.25) is 0 Å². The molecular weight excluding hydrogens is 344 g/mol. The van der Waals surface area contributed by atoms with Gasteiger partial charge < -0.3 is 14.2 Å². The first-order valence-electron chi connectivity index (χ1n) is 8.87. The molecule has 0 spiro atoms. The van der Waals surface area contributed by atoms with E-state index >= 15 is 0 Å². The van der Waals surface area contributed by atoms with E-state index in [1.807, 2.05) is 0 Å². The zero-order chi connectivity index (χ0) is 18.0. The molecule has 1 aliphatic carbocycles. The van der Waals surface area contributed by atoms with Crippen LogP contribution in [0.5, 0.6) is 0 Å². The van der Waals surface area contributed by atoms with Gasteiger partial charge in [0.1, 0.15) is 17.2 Å². The van der Waals surface area contributed by atoms with Crippen molar-refractivity contribution >= 4 is 15.7 Å². The predicted molar refractivity (Wildman–Crippen MR) is 91.5 cm³/mol. The molecule has 1 fully saturated rings. The zero-order valence-corrected chi connectivity index (χ0v) is 15.7. The largest absolute Gasteiger partial charge is 0.376 e. The summed E-state index contributed by atoms with van der Waals surface area (Å²) in [6, 6.07) is 0.129. The lowest BCUT2D eigenvalue weighted by molar-refractivity contribution is -0.130. The van der Waals surface area contributed by atoms with Gasteiger partial charge in [0, 0.05) is 25.1 Å². The van der Waals surface area contributed by atoms with Crippen molar-refractivity contribution in [2.45, 2.75) is 57.4 Å². The molecule has 0 saturated heterocycles. The van der Waals surface area contributed by atoms with Crippen LogP contribution < -0.4 is 0 Å². The second kappa shape index (κ2) is 7.45. The molecular formula is C17H26N2O5S. The van der Waals surface area contributed by atoms with E-state index in [1.54, 1.807) is 11.9 Å². The number of amides is 1. The minimum atomic E-state index is -3.61. The highest BCUT2D eigenvalue weighted by Crippen LogP contribution is 2.28. The number of sulfone groups is 1. The van der Waals surface area contributed by atoms with Gasteiger partial charge in [-0.3, -0.25) is 4.79 Å². The van der Waals surface area contributed by atoms with Crippen LogP contribution in [-0.2, 0) is 38.1 Å². The normalized spacial score (nSPS) is 23.9. The van der Waals surface area contributed by atoms with E-state index in [9.17, 15) is 13.2 Å². The van der Waals surface area contributed by atoms with Gasteiger partial charge in [0.05, 0.1) is 19.0 Å². The molecule has 7 nitrogen and oxygen atoms in total.